The summed E-state index contributed by atoms with van der Waals surface area (Å²) < 4.78 is 5.69. The molecule has 0 unspecified atom stereocenters. The lowest BCUT2D eigenvalue weighted by Crippen LogP contribution is -2.34. The van der Waals surface area contributed by atoms with E-state index in [0.717, 1.165) is 0 Å². The summed E-state index contributed by atoms with van der Waals surface area (Å²) in [5, 5.41) is 14.1. The number of hydrogen-bond donors (Lipinski definition) is 2. The van der Waals surface area contributed by atoms with Gasteiger partial charge in [-0.1, -0.05) is 35.3 Å². The standard InChI is InChI=1S/C21H14Cl2N4O3/c1-12-8-14(26-21(29)27-19(28)15-4-2-3-5-16(15)22)6-7-18(12)30-20-17(23)9-13(10-24)11-25-20/h2-9,11H,1H3,(H2,26,27,28,29). The van der Waals surface area contributed by atoms with Crippen LogP contribution < -0.4 is 15.4 Å². The first-order valence-corrected chi connectivity index (χ1v) is 9.34. The third kappa shape index (κ3) is 5.06. The van der Waals surface area contributed by atoms with Crippen LogP contribution in [0.15, 0.2) is 54.7 Å². The number of nitrogens with zero attached hydrogens (tertiary/aromatic N) is 2. The van der Waals surface area contributed by atoms with Crippen LogP contribution in [-0.4, -0.2) is 16.9 Å². The Morgan fingerprint density at radius 2 is 1.87 bits per heavy atom. The smallest absolute Gasteiger partial charge is 0.326 e. The molecule has 0 fully saturated rings. The van der Waals surface area contributed by atoms with E-state index < -0.39 is 11.9 Å². The van der Waals surface area contributed by atoms with Crippen LogP contribution in [0.2, 0.25) is 10.0 Å². The summed E-state index contributed by atoms with van der Waals surface area (Å²) in [5.74, 6) is 0.00562. The zero-order valence-electron chi connectivity index (χ0n) is 15.6. The number of amides is 3. The van der Waals surface area contributed by atoms with Crippen molar-refractivity contribution in [1.82, 2.24) is 10.3 Å². The van der Waals surface area contributed by atoms with Gasteiger partial charge in [0.15, 0.2) is 0 Å². The Morgan fingerprint density at radius 3 is 2.53 bits per heavy atom. The van der Waals surface area contributed by atoms with Crippen molar-refractivity contribution < 1.29 is 14.3 Å². The van der Waals surface area contributed by atoms with Crippen LogP contribution in [0.25, 0.3) is 0 Å². The van der Waals surface area contributed by atoms with Gasteiger partial charge in [0.05, 0.1) is 16.1 Å². The van der Waals surface area contributed by atoms with Crippen LogP contribution in [0.5, 0.6) is 11.6 Å². The average Bonchev–Trinajstić information content (AvgIpc) is 2.71. The van der Waals surface area contributed by atoms with Crippen molar-refractivity contribution in [1.29, 1.82) is 5.26 Å². The highest BCUT2D eigenvalue weighted by Crippen LogP contribution is 2.31. The highest BCUT2D eigenvalue weighted by molar-refractivity contribution is 6.34. The lowest BCUT2D eigenvalue weighted by molar-refractivity contribution is 0.0967. The number of imide groups is 1. The van der Waals surface area contributed by atoms with Gasteiger partial charge < -0.3 is 10.1 Å². The molecule has 0 atom stereocenters. The Balaban J connectivity index is 1.66. The van der Waals surface area contributed by atoms with Crippen LogP contribution >= 0.6 is 23.2 Å². The second-order valence-electron chi connectivity index (χ2n) is 6.09. The highest BCUT2D eigenvalue weighted by Gasteiger charge is 2.14. The number of ether oxygens (including phenoxy) is 1. The second-order valence-corrected chi connectivity index (χ2v) is 6.91. The SMILES string of the molecule is Cc1cc(NC(=O)NC(=O)c2ccccc2Cl)ccc1Oc1ncc(C#N)cc1Cl. The maximum Gasteiger partial charge on any atom is 0.326 e. The molecule has 0 bridgehead atoms. The topological polar surface area (TPSA) is 104 Å². The summed E-state index contributed by atoms with van der Waals surface area (Å²) in [4.78, 5) is 28.3. The van der Waals surface area contributed by atoms with Crippen LogP contribution in [-0.2, 0) is 0 Å². The molecule has 150 valence electrons. The van der Waals surface area contributed by atoms with Gasteiger partial charge in [0.25, 0.3) is 5.91 Å². The lowest BCUT2D eigenvalue weighted by Gasteiger charge is -2.12. The predicted octanol–water partition coefficient (Wildman–Crippen LogP) is 5.32. The van der Waals surface area contributed by atoms with E-state index in [-0.39, 0.29) is 21.5 Å². The molecule has 3 amide bonds. The van der Waals surface area contributed by atoms with Crippen molar-refractivity contribution >= 4 is 40.8 Å². The van der Waals surface area contributed by atoms with Crippen molar-refractivity contribution in [3.63, 3.8) is 0 Å². The second kappa shape index (κ2) is 9.27. The van der Waals surface area contributed by atoms with E-state index >= 15 is 0 Å². The minimum atomic E-state index is -0.704. The quantitative estimate of drug-likeness (QED) is 0.570. The molecule has 0 radical (unpaired) electrons. The third-order valence-electron chi connectivity index (χ3n) is 3.92. The Bertz CT molecular complexity index is 1180. The fourth-order valence-corrected chi connectivity index (χ4v) is 2.91. The molecule has 7 nitrogen and oxygen atoms in total. The van der Waals surface area contributed by atoms with E-state index in [2.05, 4.69) is 15.6 Å². The summed E-state index contributed by atoms with van der Waals surface area (Å²) in [6.07, 6.45) is 1.35. The van der Waals surface area contributed by atoms with Crippen LogP contribution in [0, 0.1) is 18.3 Å². The number of pyridine rings is 1. The molecule has 30 heavy (non-hydrogen) atoms. The minimum absolute atomic E-state index is 0.155. The number of hydrogen-bond acceptors (Lipinski definition) is 5. The number of nitrogens with one attached hydrogen (secondary N) is 2. The number of aryl methyl sites for hydroxylation is 1. The van der Waals surface area contributed by atoms with Crippen LogP contribution in [0.3, 0.4) is 0 Å². The lowest BCUT2D eigenvalue weighted by atomic mass is 10.2. The van der Waals surface area contributed by atoms with Gasteiger partial charge in [-0.15, -0.1) is 0 Å². The molecule has 2 N–H and O–H groups in total. The number of benzene rings is 2. The summed E-state index contributed by atoms with van der Waals surface area (Å²) in [6.45, 7) is 1.77. The number of urea groups is 1. The monoisotopic (exact) mass is 440 g/mol. The molecule has 0 spiro atoms. The zero-order valence-corrected chi connectivity index (χ0v) is 17.1. The molecule has 3 rings (SSSR count). The molecular formula is C21H14Cl2N4O3. The normalized spacial score (nSPS) is 10.1. The first-order chi connectivity index (χ1) is 14.4. The number of anilines is 1. The van der Waals surface area contributed by atoms with E-state index in [4.69, 9.17) is 33.2 Å². The molecule has 1 aromatic heterocycles. The first-order valence-electron chi connectivity index (χ1n) is 8.58. The molecule has 3 aromatic rings. The zero-order chi connectivity index (χ0) is 21.7. The molecule has 1 heterocycles. The summed E-state index contributed by atoms with van der Waals surface area (Å²) in [6, 6.07) is 14.0. The van der Waals surface area contributed by atoms with Crippen molar-refractivity contribution in [3.05, 3.63) is 81.5 Å². The van der Waals surface area contributed by atoms with Crippen molar-refractivity contribution in [2.75, 3.05) is 5.32 Å². The van der Waals surface area contributed by atoms with Gasteiger partial charge in [-0.05, 0) is 48.9 Å². The maximum atomic E-state index is 12.2. The predicted molar refractivity (Wildman–Crippen MR) is 113 cm³/mol. The van der Waals surface area contributed by atoms with Crippen LogP contribution in [0.4, 0.5) is 10.5 Å². The molecular weight excluding hydrogens is 427 g/mol. The van der Waals surface area contributed by atoms with E-state index in [0.29, 0.717) is 22.6 Å². The number of carbonyl (C=O) groups is 2. The number of halogens is 2. The van der Waals surface area contributed by atoms with Crippen molar-refractivity contribution in [3.8, 4) is 17.7 Å². The Labute approximate surface area is 182 Å². The van der Waals surface area contributed by atoms with Crippen molar-refractivity contribution in [2.45, 2.75) is 6.92 Å². The van der Waals surface area contributed by atoms with E-state index in [9.17, 15) is 9.59 Å². The van der Waals surface area contributed by atoms with Gasteiger partial charge in [0, 0.05) is 11.9 Å². The van der Waals surface area contributed by atoms with Gasteiger partial charge in [-0.2, -0.15) is 5.26 Å². The highest BCUT2D eigenvalue weighted by atomic mass is 35.5. The van der Waals surface area contributed by atoms with Gasteiger partial charge in [-0.3, -0.25) is 10.1 Å². The molecule has 0 aliphatic carbocycles. The summed E-state index contributed by atoms with van der Waals surface area (Å²) in [7, 11) is 0. The fourth-order valence-electron chi connectivity index (χ4n) is 2.49. The Kier molecular flexibility index (Phi) is 6.52. The number of carbonyl (C=O) groups excluding carboxylic acids is 2. The molecule has 0 saturated carbocycles. The summed E-state index contributed by atoms with van der Waals surface area (Å²) in [5.41, 5.74) is 1.65. The van der Waals surface area contributed by atoms with Gasteiger partial charge >= 0.3 is 6.03 Å². The molecule has 9 heteroatoms. The van der Waals surface area contributed by atoms with Crippen LogP contribution in [0.1, 0.15) is 21.5 Å². The molecule has 0 aliphatic heterocycles. The molecule has 0 aliphatic rings. The third-order valence-corrected chi connectivity index (χ3v) is 4.52. The largest absolute Gasteiger partial charge is 0.437 e. The fraction of sp³-hybridized carbons (Fsp3) is 0.0476. The number of nitriles is 1. The summed E-state index contributed by atoms with van der Waals surface area (Å²) >= 11 is 12.0. The van der Waals surface area contributed by atoms with E-state index in [1.54, 1.807) is 43.3 Å². The molecule has 0 saturated heterocycles. The first kappa shape index (κ1) is 21.1. The Morgan fingerprint density at radius 1 is 1.10 bits per heavy atom. The van der Waals surface area contributed by atoms with E-state index in [1.165, 1.54) is 18.3 Å². The number of rotatable bonds is 4. The maximum absolute atomic E-state index is 12.2. The molecule has 2 aromatic carbocycles. The van der Waals surface area contributed by atoms with Crippen molar-refractivity contribution in [2.24, 2.45) is 0 Å². The Hall–Kier alpha value is -3.60. The minimum Gasteiger partial charge on any atom is -0.437 e. The number of aromatic nitrogens is 1. The van der Waals surface area contributed by atoms with E-state index in [1.807, 2.05) is 6.07 Å². The average molecular weight is 441 g/mol. The van der Waals surface area contributed by atoms with Gasteiger partial charge in [0.2, 0.25) is 5.88 Å². The van der Waals surface area contributed by atoms with Gasteiger partial charge in [-0.25, -0.2) is 9.78 Å². The van der Waals surface area contributed by atoms with Gasteiger partial charge in [0.1, 0.15) is 16.8 Å².